The van der Waals surface area contributed by atoms with Crippen molar-refractivity contribution in [2.75, 3.05) is 11.9 Å². The van der Waals surface area contributed by atoms with E-state index in [1.807, 2.05) is 42.5 Å². The molecule has 0 aromatic heterocycles. The summed E-state index contributed by atoms with van der Waals surface area (Å²) in [5.41, 5.74) is 3.05. The topological polar surface area (TPSA) is 61.4 Å². The Morgan fingerprint density at radius 1 is 1.14 bits per heavy atom. The van der Waals surface area contributed by atoms with Gasteiger partial charge in [0.05, 0.1) is 0 Å². The van der Waals surface area contributed by atoms with E-state index in [0.29, 0.717) is 13.0 Å². The van der Waals surface area contributed by atoms with Gasteiger partial charge in [-0.15, -0.1) is 0 Å². The lowest BCUT2D eigenvalue weighted by atomic mass is 10.0. The predicted molar refractivity (Wildman–Crippen MR) is 88.5 cm³/mol. The monoisotopic (exact) mass is 298 g/mol. The molecule has 0 aliphatic carbocycles. The third kappa shape index (κ3) is 4.98. The molecule has 0 heterocycles. The Bertz CT molecular complexity index is 599. The summed E-state index contributed by atoms with van der Waals surface area (Å²) >= 11 is 0. The summed E-state index contributed by atoms with van der Waals surface area (Å²) in [6, 6.07) is 18.0. The zero-order valence-electron chi connectivity index (χ0n) is 12.8. The van der Waals surface area contributed by atoms with Crippen molar-refractivity contribution >= 4 is 11.6 Å². The van der Waals surface area contributed by atoms with Crippen LogP contribution in [0.4, 0.5) is 5.69 Å². The number of carbonyl (C=O) groups is 1. The highest BCUT2D eigenvalue weighted by molar-refractivity contribution is 5.88. The van der Waals surface area contributed by atoms with Crippen LogP contribution in [0, 0.1) is 0 Å². The van der Waals surface area contributed by atoms with Gasteiger partial charge < -0.3 is 15.7 Å². The predicted octanol–water partition coefficient (Wildman–Crippen LogP) is 2.86. The first kappa shape index (κ1) is 16.2. The average Bonchev–Trinajstić information content (AvgIpc) is 2.52. The zero-order valence-corrected chi connectivity index (χ0v) is 12.8. The Morgan fingerprint density at radius 2 is 1.91 bits per heavy atom. The number of benzene rings is 2. The second-order valence-electron chi connectivity index (χ2n) is 5.24. The fourth-order valence-corrected chi connectivity index (χ4v) is 2.40. The summed E-state index contributed by atoms with van der Waals surface area (Å²) in [5, 5.41) is 15.5. The molecule has 0 fully saturated rings. The van der Waals surface area contributed by atoms with E-state index in [1.165, 1.54) is 6.92 Å². The summed E-state index contributed by atoms with van der Waals surface area (Å²) < 4.78 is 0. The molecule has 116 valence electrons. The number of aliphatic hydroxyl groups is 1. The Morgan fingerprint density at radius 3 is 2.59 bits per heavy atom. The zero-order chi connectivity index (χ0) is 15.8. The van der Waals surface area contributed by atoms with E-state index in [1.54, 1.807) is 0 Å². The Balaban J connectivity index is 2.02. The van der Waals surface area contributed by atoms with Crippen LogP contribution < -0.4 is 10.6 Å². The molecule has 2 aromatic rings. The average molecular weight is 298 g/mol. The fraction of sp³-hybridized carbons (Fsp3) is 0.278. The van der Waals surface area contributed by atoms with Crippen molar-refractivity contribution in [2.24, 2.45) is 0 Å². The Hall–Kier alpha value is -2.17. The molecule has 2 rings (SSSR count). The molecule has 4 nitrogen and oxygen atoms in total. The molecule has 0 aliphatic rings. The standard InChI is InChI=1S/C18H22N2O2/c1-14(22)20-17-9-5-6-15(12-17)13-19-18(10-11-21)16-7-3-2-4-8-16/h2-9,12,18-19,21H,10-11,13H2,1H3,(H,20,22). The van der Waals surface area contributed by atoms with E-state index in [9.17, 15) is 9.90 Å². The molecule has 1 atom stereocenters. The SMILES string of the molecule is CC(=O)Nc1cccc(CNC(CCO)c2ccccc2)c1. The molecular weight excluding hydrogens is 276 g/mol. The molecule has 3 N–H and O–H groups in total. The molecule has 1 amide bonds. The molecule has 0 aliphatic heterocycles. The van der Waals surface area contributed by atoms with Crippen molar-refractivity contribution in [1.29, 1.82) is 0 Å². The third-order valence-electron chi connectivity index (χ3n) is 3.42. The van der Waals surface area contributed by atoms with Gasteiger partial charge in [-0.25, -0.2) is 0 Å². The van der Waals surface area contributed by atoms with Crippen LogP contribution in [0.1, 0.15) is 30.5 Å². The van der Waals surface area contributed by atoms with Gasteiger partial charge in [0.25, 0.3) is 0 Å². The number of aliphatic hydroxyl groups excluding tert-OH is 1. The highest BCUT2D eigenvalue weighted by Crippen LogP contribution is 2.18. The van der Waals surface area contributed by atoms with Crippen molar-refractivity contribution in [3.63, 3.8) is 0 Å². The van der Waals surface area contributed by atoms with Crippen LogP contribution in [0.15, 0.2) is 54.6 Å². The summed E-state index contributed by atoms with van der Waals surface area (Å²) in [6.07, 6.45) is 0.662. The fourth-order valence-electron chi connectivity index (χ4n) is 2.40. The molecule has 22 heavy (non-hydrogen) atoms. The van der Waals surface area contributed by atoms with Crippen LogP contribution >= 0.6 is 0 Å². The number of hydrogen-bond acceptors (Lipinski definition) is 3. The van der Waals surface area contributed by atoms with Crippen LogP contribution in [0.5, 0.6) is 0 Å². The van der Waals surface area contributed by atoms with Gasteiger partial charge in [0.15, 0.2) is 0 Å². The van der Waals surface area contributed by atoms with Gasteiger partial charge in [0.2, 0.25) is 5.91 Å². The van der Waals surface area contributed by atoms with E-state index in [2.05, 4.69) is 22.8 Å². The van der Waals surface area contributed by atoms with Crippen LogP contribution in [-0.4, -0.2) is 17.6 Å². The first-order valence-corrected chi connectivity index (χ1v) is 7.45. The van der Waals surface area contributed by atoms with Crippen LogP contribution in [-0.2, 0) is 11.3 Å². The van der Waals surface area contributed by atoms with Crippen LogP contribution in [0.25, 0.3) is 0 Å². The number of carbonyl (C=O) groups excluding carboxylic acids is 1. The molecule has 2 aromatic carbocycles. The molecule has 0 bridgehead atoms. The maximum Gasteiger partial charge on any atom is 0.221 e. The van der Waals surface area contributed by atoms with Crippen molar-refractivity contribution in [2.45, 2.75) is 25.9 Å². The number of nitrogens with one attached hydrogen (secondary N) is 2. The number of anilines is 1. The number of rotatable bonds is 7. The maximum absolute atomic E-state index is 11.1. The first-order valence-electron chi connectivity index (χ1n) is 7.45. The van der Waals surface area contributed by atoms with Gasteiger partial charge >= 0.3 is 0 Å². The van der Waals surface area contributed by atoms with E-state index in [-0.39, 0.29) is 18.6 Å². The van der Waals surface area contributed by atoms with Crippen LogP contribution in [0.2, 0.25) is 0 Å². The summed E-state index contributed by atoms with van der Waals surface area (Å²) in [4.78, 5) is 11.1. The van der Waals surface area contributed by atoms with Gasteiger partial charge in [-0.3, -0.25) is 4.79 Å². The summed E-state index contributed by atoms with van der Waals surface area (Å²) in [6.45, 7) is 2.31. The first-order chi connectivity index (χ1) is 10.7. The van der Waals surface area contributed by atoms with Crippen molar-refractivity contribution in [3.05, 3.63) is 65.7 Å². The van der Waals surface area contributed by atoms with Gasteiger partial charge in [-0.1, -0.05) is 42.5 Å². The third-order valence-corrected chi connectivity index (χ3v) is 3.42. The van der Waals surface area contributed by atoms with Crippen LogP contribution in [0.3, 0.4) is 0 Å². The normalized spacial score (nSPS) is 11.9. The second kappa shape index (κ2) is 8.32. The van der Waals surface area contributed by atoms with E-state index in [0.717, 1.165) is 16.8 Å². The summed E-state index contributed by atoms with van der Waals surface area (Å²) in [5.74, 6) is -0.0763. The van der Waals surface area contributed by atoms with Gasteiger partial charge in [0.1, 0.15) is 0 Å². The van der Waals surface area contributed by atoms with Gasteiger partial charge in [-0.05, 0) is 29.7 Å². The summed E-state index contributed by atoms with van der Waals surface area (Å²) in [7, 11) is 0. The highest BCUT2D eigenvalue weighted by Gasteiger charge is 2.10. The second-order valence-corrected chi connectivity index (χ2v) is 5.24. The lowest BCUT2D eigenvalue weighted by molar-refractivity contribution is -0.114. The molecular formula is C18H22N2O2. The van der Waals surface area contributed by atoms with E-state index >= 15 is 0 Å². The minimum absolute atomic E-state index is 0.0763. The quantitative estimate of drug-likeness (QED) is 0.736. The van der Waals surface area contributed by atoms with Gasteiger partial charge in [0, 0.05) is 31.8 Å². The maximum atomic E-state index is 11.1. The molecule has 0 saturated carbocycles. The minimum atomic E-state index is -0.0763. The largest absolute Gasteiger partial charge is 0.396 e. The lowest BCUT2D eigenvalue weighted by Crippen LogP contribution is -2.22. The lowest BCUT2D eigenvalue weighted by Gasteiger charge is -2.18. The molecule has 0 radical (unpaired) electrons. The number of hydrogen-bond donors (Lipinski definition) is 3. The molecule has 0 saturated heterocycles. The van der Waals surface area contributed by atoms with E-state index < -0.39 is 0 Å². The minimum Gasteiger partial charge on any atom is -0.396 e. The molecule has 0 spiro atoms. The number of amides is 1. The van der Waals surface area contributed by atoms with E-state index in [4.69, 9.17) is 0 Å². The Labute approximate surface area is 131 Å². The van der Waals surface area contributed by atoms with Crippen molar-refractivity contribution < 1.29 is 9.90 Å². The van der Waals surface area contributed by atoms with Crippen molar-refractivity contribution in [1.82, 2.24) is 5.32 Å². The smallest absolute Gasteiger partial charge is 0.221 e. The van der Waals surface area contributed by atoms with Gasteiger partial charge in [-0.2, -0.15) is 0 Å². The molecule has 1 unspecified atom stereocenters. The highest BCUT2D eigenvalue weighted by atomic mass is 16.3. The Kier molecular flexibility index (Phi) is 6.13. The molecule has 4 heteroatoms. The van der Waals surface area contributed by atoms with Crippen molar-refractivity contribution in [3.8, 4) is 0 Å².